The molecule has 0 unspecified atom stereocenters. The predicted molar refractivity (Wildman–Crippen MR) is 109 cm³/mol. The Hall–Kier alpha value is -2.10. The molecule has 1 saturated carbocycles. The lowest BCUT2D eigenvalue weighted by molar-refractivity contribution is 0.163. The summed E-state index contributed by atoms with van der Waals surface area (Å²) in [7, 11) is 0. The lowest BCUT2D eigenvalue weighted by Crippen LogP contribution is -2.42. The number of hydrogen-bond acceptors (Lipinski definition) is 4. The van der Waals surface area contributed by atoms with Crippen LogP contribution in [-0.2, 0) is 4.74 Å². The fourth-order valence-corrected chi connectivity index (χ4v) is 3.90. The van der Waals surface area contributed by atoms with Crippen molar-refractivity contribution in [2.75, 3.05) is 6.54 Å². The van der Waals surface area contributed by atoms with Gasteiger partial charge in [-0.3, -0.25) is 4.99 Å². The van der Waals surface area contributed by atoms with Crippen molar-refractivity contribution >= 4 is 11.6 Å². The second-order valence-electron chi connectivity index (χ2n) is 7.84. The fourth-order valence-electron chi connectivity index (χ4n) is 3.90. The van der Waals surface area contributed by atoms with Crippen molar-refractivity contribution in [1.29, 1.82) is 0 Å². The number of rotatable bonds is 3. The van der Waals surface area contributed by atoms with E-state index in [1.807, 2.05) is 27.7 Å². The molecule has 1 heterocycles. The van der Waals surface area contributed by atoms with Crippen LogP contribution < -0.4 is 5.73 Å². The van der Waals surface area contributed by atoms with E-state index in [0.717, 1.165) is 11.3 Å². The van der Waals surface area contributed by atoms with Crippen LogP contribution >= 0.6 is 0 Å². The summed E-state index contributed by atoms with van der Waals surface area (Å²) in [6.07, 6.45) is 6.70. The molecule has 0 aromatic heterocycles. The van der Waals surface area contributed by atoms with Crippen molar-refractivity contribution in [2.45, 2.75) is 71.3 Å². The highest BCUT2D eigenvalue weighted by Crippen LogP contribution is 2.34. The van der Waals surface area contributed by atoms with Gasteiger partial charge in [-0.25, -0.2) is 4.99 Å². The van der Waals surface area contributed by atoms with Crippen LogP contribution in [0.3, 0.4) is 0 Å². The van der Waals surface area contributed by atoms with Crippen molar-refractivity contribution in [3.8, 4) is 0 Å². The summed E-state index contributed by atoms with van der Waals surface area (Å²) < 4.78 is 6.18. The molecule has 0 bridgehead atoms. The molecule has 2 N–H and O–H groups in total. The first kappa shape index (κ1) is 18.7. The average molecular weight is 354 g/mol. The third kappa shape index (κ3) is 3.84. The molecule has 1 aromatic rings. The molecule has 1 aliphatic heterocycles. The van der Waals surface area contributed by atoms with E-state index in [1.165, 1.54) is 37.7 Å². The van der Waals surface area contributed by atoms with Gasteiger partial charge in [-0.15, -0.1) is 0 Å². The molecule has 1 fully saturated rings. The smallest absolute Gasteiger partial charge is 0.238 e. The highest BCUT2D eigenvalue weighted by molar-refractivity contribution is 6.13. The Labute approximate surface area is 157 Å². The highest BCUT2D eigenvalue weighted by Gasteiger charge is 2.36. The third-order valence-electron chi connectivity index (χ3n) is 5.28. The number of allylic oxidation sites excluding steroid dienone is 1. The topological polar surface area (TPSA) is 60.0 Å². The van der Waals surface area contributed by atoms with Gasteiger partial charge in [0, 0.05) is 17.8 Å². The maximum atomic E-state index is 6.18. The van der Waals surface area contributed by atoms with Crippen LogP contribution in [0.5, 0.6) is 0 Å². The molecule has 0 amide bonds. The van der Waals surface area contributed by atoms with Gasteiger partial charge >= 0.3 is 0 Å². The van der Waals surface area contributed by atoms with E-state index in [0.29, 0.717) is 29.8 Å². The molecule has 4 nitrogen and oxygen atoms in total. The first-order valence-electron chi connectivity index (χ1n) is 9.82. The van der Waals surface area contributed by atoms with Crippen LogP contribution in [-0.4, -0.2) is 23.8 Å². The van der Waals surface area contributed by atoms with Crippen molar-refractivity contribution < 1.29 is 4.74 Å². The normalized spacial score (nSPS) is 24.2. The Morgan fingerprint density at radius 1 is 1.19 bits per heavy atom. The number of nitrogens with two attached hydrogens (primary N) is 1. The minimum absolute atomic E-state index is 0.542. The Bertz CT molecular complexity index is 731. The van der Waals surface area contributed by atoms with E-state index in [9.17, 15) is 0 Å². The fraction of sp³-hybridized carbons (Fsp3) is 0.545. The zero-order chi connectivity index (χ0) is 18.7. The summed E-state index contributed by atoms with van der Waals surface area (Å²) in [5.74, 6) is 1.25. The summed E-state index contributed by atoms with van der Waals surface area (Å²) in [5, 5.41) is 0. The molecule has 2 aliphatic rings. The number of hydrogen-bond donors (Lipinski definition) is 1. The minimum atomic E-state index is -0.542. The maximum absolute atomic E-state index is 6.18. The molecule has 26 heavy (non-hydrogen) atoms. The third-order valence-corrected chi connectivity index (χ3v) is 5.28. The lowest BCUT2D eigenvalue weighted by Gasteiger charge is -2.33. The van der Waals surface area contributed by atoms with Gasteiger partial charge in [0.1, 0.15) is 11.3 Å². The molecule has 4 heteroatoms. The summed E-state index contributed by atoms with van der Waals surface area (Å²) in [4.78, 5) is 9.30. The molecule has 0 spiro atoms. The second kappa shape index (κ2) is 7.65. The zero-order valence-corrected chi connectivity index (χ0v) is 16.5. The number of benzene rings is 1. The van der Waals surface area contributed by atoms with Crippen LogP contribution in [0.4, 0.5) is 0 Å². The van der Waals surface area contributed by atoms with Crippen molar-refractivity contribution in [1.82, 2.24) is 0 Å². The Balaban J connectivity index is 1.95. The van der Waals surface area contributed by atoms with Crippen LogP contribution in [0, 0.1) is 0 Å². The van der Waals surface area contributed by atoms with Gasteiger partial charge in [0.2, 0.25) is 5.90 Å². The first-order chi connectivity index (χ1) is 12.4. The summed E-state index contributed by atoms with van der Waals surface area (Å²) >= 11 is 0. The van der Waals surface area contributed by atoms with Gasteiger partial charge in [0.15, 0.2) is 0 Å². The molecular weight excluding hydrogens is 322 g/mol. The van der Waals surface area contributed by atoms with E-state index in [-0.39, 0.29) is 0 Å². The molecule has 0 saturated heterocycles. The molecule has 1 aromatic carbocycles. The molecular formula is C22H31N3O. The van der Waals surface area contributed by atoms with Crippen LogP contribution in [0.2, 0.25) is 0 Å². The maximum Gasteiger partial charge on any atom is 0.238 e. The highest BCUT2D eigenvalue weighted by atomic mass is 16.5. The average Bonchev–Trinajstić information content (AvgIpc) is 2.62. The van der Waals surface area contributed by atoms with Crippen molar-refractivity contribution in [2.24, 2.45) is 15.7 Å². The van der Waals surface area contributed by atoms with Crippen LogP contribution in [0.25, 0.3) is 0 Å². The van der Waals surface area contributed by atoms with E-state index >= 15 is 0 Å². The summed E-state index contributed by atoms with van der Waals surface area (Å²) in [6, 6.07) is 8.88. The van der Waals surface area contributed by atoms with Crippen molar-refractivity contribution in [3.05, 3.63) is 46.8 Å². The van der Waals surface area contributed by atoms with E-state index in [4.69, 9.17) is 15.5 Å². The number of nitrogens with zero attached hydrogens (tertiary/aromatic N) is 2. The standard InChI is InChI=1S/C22H31N3O/c1-5-24-21-19(15(2)23)25-20(22(3,4)26-21)18-13-11-17(12-14-18)16-9-7-6-8-10-16/h11-14,16H,5-10,23H2,1-4H3/b19-15-,24-21+. The van der Waals surface area contributed by atoms with E-state index < -0.39 is 5.60 Å². The quantitative estimate of drug-likeness (QED) is 0.836. The van der Waals surface area contributed by atoms with Gasteiger partial charge < -0.3 is 10.5 Å². The molecule has 1 aliphatic carbocycles. The largest absolute Gasteiger partial charge is 0.464 e. The molecule has 0 atom stereocenters. The van der Waals surface area contributed by atoms with Gasteiger partial charge in [0.05, 0.1) is 5.71 Å². The number of aliphatic imine (C=N–C) groups is 2. The second-order valence-corrected chi connectivity index (χ2v) is 7.84. The predicted octanol–water partition coefficient (Wildman–Crippen LogP) is 4.94. The van der Waals surface area contributed by atoms with Gasteiger partial charge in [-0.2, -0.15) is 0 Å². The minimum Gasteiger partial charge on any atom is -0.464 e. The SMILES string of the molecule is CC/N=C1/OC(C)(C)C(c2ccc(C3CCCCC3)cc2)=N/C1=C(/C)N. The Morgan fingerprint density at radius 2 is 1.85 bits per heavy atom. The first-order valence-corrected chi connectivity index (χ1v) is 9.82. The van der Waals surface area contributed by atoms with Crippen LogP contribution in [0.15, 0.2) is 45.6 Å². The van der Waals surface area contributed by atoms with Gasteiger partial charge in [0.25, 0.3) is 0 Å². The van der Waals surface area contributed by atoms with Gasteiger partial charge in [-0.1, -0.05) is 43.5 Å². The van der Waals surface area contributed by atoms with Crippen molar-refractivity contribution in [3.63, 3.8) is 0 Å². The summed E-state index contributed by atoms with van der Waals surface area (Å²) in [5.41, 5.74) is 10.2. The van der Waals surface area contributed by atoms with Crippen LogP contribution in [0.1, 0.15) is 76.8 Å². The van der Waals surface area contributed by atoms with Gasteiger partial charge in [-0.05, 0) is 52.0 Å². The van der Waals surface area contributed by atoms with E-state index in [1.54, 1.807) is 0 Å². The Kier molecular flexibility index (Phi) is 5.49. The molecule has 3 rings (SSSR count). The number of ether oxygens (including phenoxy) is 1. The van der Waals surface area contributed by atoms with E-state index in [2.05, 4.69) is 29.3 Å². The Morgan fingerprint density at radius 3 is 2.42 bits per heavy atom. The zero-order valence-electron chi connectivity index (χ0n) is 16.5. The molecule has 0 radical (unpaired) electrons. The lowest BCUT2D eigenvalue weighted by atomic mass is 9.83. The summed E-state index contributed by atoms with van der Waals surface area (Å²) in [6.45, 7) is 8.54. The monoisotopic (exact) mass is 353 g/mol. The molecule has 140 valence electrons.